The third-order valence-electron chi connectivity index (χ3n) is 9.23. The zero-order valence-electron chi connectivity index (χ0n) is 36.2. The van der Waals surface area contributed by atoms with Gasteiger partial charge in [-0.2, -0.15) is 0 Å². The van der Waals surface area contributed by atoms with Crippen molar-refractivity contribution in [1.29, 1.82) is 0 Å². The fourth-order valence-corrected chi connectivity index (χ4v) is 6.42. The average molecular weight is 781 g/mol. The van der Waals surface area contributed by atoms with Gasteiger partial charge >= 0.3 is 0 Å². The first-order valence-electron chi connectivity index (χ1n) is 21.4. The number of benzene rings is 9. The summed E-state index contributed by atoms with van der Waals surface area (Å²) >= 11 is 0. The molecule has 0 unspecified atom stereocenters. The fourth-order valence-electron chi connectivity index (χ4n) is 6.42. The van der Waals surface area contributed by atoms with Crippen molar-refractivity contribution in [1.82, 2.24) is 0 Å². The summed E-state index contributed by atoms with van der Waals surface area (Å²) in [4.78, 5) is 0. The van der Waals surface area contributed by atoms with Crippen molar-refractivity contribution in [3.63, 3.8) is 0 Å². The second-order valence-corrected chi connectivity index (χ2v) is 12.9. The molecule has 0 saturated heterocycles. The van der Waals surface area contributed by atoms with Crippen LogP contribution < -0.4 is 0 Å². The molecule has 0 saturated carbocycles. The van der Waals surface area contributed by atoms with Crippen molar-refractivity contribution < 1.29 is 0 Å². The standard InChI is InChI=1S/3C18H14.3C2H6/c3*1-3-8-15(9-4-1)17-12-7-13-18(14-17)16-10-5-2-6-11-16;3*1-2/h3*1-14H;3*1-2H3. The maximum absolute atomic E-state index is 2.24. The second-order valence-electron chi connectivity index (χ2n) is 12.9. The van der Waals surface area contributed by atoms with E-state index in [1.807, 2.05) is 77.9 Å². The van der Waals surface area contributed by atoms with E-state index in [9.17, 15) is 0 Å². The van der Waals surface area contributed by atoms with E-state index in [-0.39, 0.29) is 0 Å². The van der Waals surface area contributed by atoms with E-state index in [0.717, 1.165) is 0 Å². The predicted octanol–water partition coefficient (Wildman–Crippen LogP) is 18.1. The zero-order chi connectivity index (χ0) is 42.6. The molecule has 0 spiro atoms. The maximum Gasteiger partial charge on any atom is -0.0178 e. The largest absolute Gasteiger partial charge is 0.0683 e. The first kappa shape index (κ1) is 45.7. The lowest BCUT2D eigenvalue weighted by molar-refractivity contribution is 1.50. The Morgan fingerprint density at radius 1 is 0.133 bits per heavy atom. The minimum absolute atomic E-state index is 1.26. The van der Waals surface area contributed by atoms with Gasteiger partial charge in [0, 0.05) is 0 Å². The molecule has 0 heteroatoms. The molecular formula is C60H60. The van der Waals surface area contributed by atoms with Crippen LogP contribution in [0, 0.1) is 0 Å². The van der Waals surface area contributed by atoms with E-state index >= 15 is 0 Å². The Morgan fingerprint density at radius 3 is 0.383 bits per heavy atom. The Morgan fingerprint density at radius 2 is 0.250 bits per heavy atom. The van der Waals surface area contributed by atoms with Crippen LogP contribution in [-0.2, 0) is 0 Å². The lowest BCUT2D eigenvalue weighted by atomic mass is 9.99. The van der Waals surface area contributed by atoms with Gasteiger partial charge in [-0.05, 0) is 85.0 Å². The molecule has 300 valence electrons. The van der Waals surface area contributed by atoms with Gasteiger partial charge < -0.3 is 0 Å². The minimum atomic E-state index is 1.26. The fraction of sp³-hybridized carbons (Fsp3) is 0.100. The Labute approximate surface area is 361 Å². The molecule has 0 aliphatic rings. The lowest BCUT2D eigenvalue weighted by Gasteiger charge is -2.05. The van der Waals surface area contributed by atoms with E-state index in [4.69, 9.17) is 0 Å². The van der Waals surface area contributed by atoms with Crippen molar-refractivity contribution in [2.24, 2.45) is 0 Å². The van der Waals surface area contributed by atoms with Gasteiger partial charge in [0.1, 0.15) is 0 Å². The van der Waals surface area contributed by atoms with Crippen molar-refractivity contribution in [3.05, 3.63) is 255 Å². The van der Waals surface area contributed by atoms with Crippen LogP contribution in [-0.4, -0.2) is 0 Å². The highest BCUT2D eigenvalue weighted by atomic mass is 14.1. The van der Waals surface area contributed by atoms with Crippen LogP contribution in [0.4, 0.5) is 0 Å². The molecule has 0 aliphatic heterocycles. The van der Waals surface area contributed by atoms with Gasteiger partial charge in [0.05, 0.1) is 0 Å². The first-order chi connectivity index (χ1) is 29.8. The normalized spacial score (nSPS) is 9.50. The zero-order valence-corrected chi connectivity index (χ0v) is 36.2. The molecule has 9 rings (SSSR count). The molecule has 9 aromatic carbocycles. The van der Waals surface area contributed by atoms with Crippen LogP contribution in [0.3, 0.4) is 0 Å². The summed E-state index contributed by atoms with van der Waals surface area (Å²) in [6.45, 7) is 12.0. The number of hydrogen-bond donors (Lipinski definition) is 0. The highest BCUT2D eigenvalue weighted by molar-refractivity contribution is 5.75. The molecule has 0 aromatic heterocycles. The monoisotopic (exact) mass is 780 g/mol. The van der Waals surface area contributed by atoms with Gasteiger partial charge in [0.2, 0.25) is 0 Å². The number of hydrogen-bond acceptors (Lipinski definition) is 0. The molecule has 0 bridgehead atoms. The third-order valence-corrected chi connectivity index (χ3v) is 9.23. The molecule has 0 radical (unpaired) electrons. The molecule has 0 aliphatic carbocycles. The molecular weight excluding hydrogens is 721 g/mol. The average Bonchev–Trinajstić information content (AvgIpc) is 3.38. The van der Waals surface area contributed by atoms with Crippen LogP contribution in [0.2, 0.25) is 0 Å². The van der Waals surface area contributed by atoms with E-state index < -0.39 is 0 Å². The van der Waals surface area contributed by atoms with Gasteiger partial charge in [-0.15, -0.1) is 0 Å². The molecule has 9 aromatic rings. The quantitative estimate of drug-likeness (QED) is 0.158. The molecule has 0 amide bonds. The molecule has 0 atom stereocenters. The van der Waals surface area contributed by atoms with E-state index in [1.54, 1.807) is 0 Å². The SMILES string of the molecule is CC.CC.CC.c1ccc(-c2cccc(-c3ccccc3)c2)cc1.c1ccc(-c2cccc(-c3ccccc3)c2)cc1.c1ccc(-c2cccc(-c3ccccc3)c2)cc1. The minimum Gasteiger partial charge on any atom is -0.0683 e. The maximum atomic E-state index is 2.24. The molecule has 0 nitrogen and oxygen atoms in total. The highest BCUT2D eigenvalue weighted by Gasteiger charge is 2.03. The number of rotatable bonds is 6. The van der Waals surface area contributed by atoms with Crippen LogP contribution in [0.1, 0.15) is 41.5 Å². The van der Waals surface area contributed by atoms with Gasteiger partial charge in [0.15, 0.2) is 0 Å². The molecule has 60 heavy (non-hydrogen) atoms. The Kier molecular flexibility index (Phi) is 20.4. The van der Waals surface area contributed by atoms with Crippen molar-refractivity contribution in [3.8, 4) is 66.8 Å². The lowest BCUT2D eigenvalue weighted by Crippen LogP contribution is -1.80. The van der Waals surface area contributed by atoms with Crippen LogP contribution in [0.5, 0.6) is 0 Å². The predicted molar refractivity (Wildman–Crippen MR) is 266 cm³/mol. The van der Waals surface area contributed by atoms with E-state index in [0.29, 0.717) is 0 Å². The summed E-state index contributed by atoms with van der Waals surface area (Å²) in [6.07, 6.45) is 0. The van der Waals surface area contributed by atoms with E-state index in [2.05, 4.69) is 218 Å². The van der Waals surface area contributed by atoms with Crippen LogP contribution in [0.15, 0.2) is 255 Å². The summed E-state index contributed by atoms with van der Waals surface area (Å²) in [5.74, 6) is 0. The van der Waals surface area contributed by atoms with E-state index in [1.165, 1.54) is 66.8 Å². The summed E-state index contributed by atoms with van der Waals surface area (Å²) in [6, 6.07) is 88.9. The van der Waals surface area contributed by atoms with Crippen molar-refractivity contribution in [2.75, 3.05) is 0 Å². The Bertz CT molecular complexity index is 1990. The smallest absolute Gasteiger partial charge is 0.0178 e. The van der Waals surface area contributed by atoms with Gasteiger partial charge in [-0.1, -0.05) is 278 Å². The first-order valence-corrected chi connectivity index (χ1v) is 21.4. The summed E-state index contributed by atoms with van der Waals surface area (Å²) in [7, 11) is 0. The topological polar surface area (TPSA) is 0 Å². The summed E-state index contributed by atoms with van der Waals surface area (Å²) < 4.78 is 0. The second kappa shape index (κ2) is 26.8. The molecule has 0 fully saturated rings. The summed E-state index contributed by atoms with van der Waals surface area (Å²) in [5.41, 5.74) is 15.1. The van der Waals surface area contributed by atoms with Gasteiger partial charge in [-0.25, -0.2) is 0 Å². The highest BCUT2D eigenvalue weighted by Crippen LogP contribution is 2.28. The van der Waals surface area contributed by atoms with Gasteiger partial charge in [-0.3, -0.25) is 0 Å². The van der Waals surface area contributed by atoms with Crippen LogP contribution in [0.25, 0.3) is 66.8 Å². The Balaban J connectivity index is 0.000000187. The molecule has 0 heterocycles. The van der Waals surface area contributed by atoms with Gasteiger partial charge in [0.25, 0.3) is 0 Å². The van der Waals surface area contributed by atoms with Crippen molar-refractivity contribution in [2.45, 2.75) is 41.5 Å². The Hall–Kier alpha value is -7.02. The van der Waals surface area contributed by atoms with Crippen LogP contribution >= 0.6 is 0 Å². The van der Waals surface area contributed by atoms with Crippen molar-refractivity contribution >= 4 is 0 Å². The molecule has 0 N–H and O–H groups in total. The third kappa shape index (κ3) is 14.1. The summed E-state index contributed by atoms with van der Waals surface area (Å²) in [5, 5.41) is 0.